The molecule has 162 valence electrons. The zero-order chi connectivity index (χ0) is 22.2. The summed E-state index contributed by atoms with van der Waals surface area (Å²) in [6.07, 6.45) is 1.41. The lowest BCUT2D eigenvalue weighted by molar-refractivity contribution is -0.141. The number of amides is 1. The maximum absolute atomic E-state index is 12.7. The largest absolute Gasteiger partial charge is 0.496 e. The Morgan fingerprint density at radius 3 is 2.67 bits per heavy atom. The fraction of sp³-hybridized carbons (Fsp3) is 0.500. The molecule has 1 atom stereocenters. The summed E-state index contributed by atoms with van der Waals surface area (Å²) in [5.74, 6) is -0.567. The minimum absolute atomic E-state index is 0.176. The number of carboxylic acid groups (broad SMARTS) is 1. The highest BCUT2D eigenvalue weighted by Gasteiger charge is 2.31. The average molecular weight is 417 g/mol. The van der Waals surface area contributed by atoms with Crippen molar-refractivity contribution in [2.75, 3.05) is 7.11 Å². The van der Waals surface area contributed by atoms with E-state index in [1.165, 1.54) is 7.11 Å². The predicted octanol–water partition coefficient (Wildman–Crippen LogP) is 2.74. The highest BCUT2D eigenvalue weighted by molar-refractivity contribution is 5.93. The van der Waals surface area contributed by atoms with E-state index in [0.29, 0.717) is 34.5 Å². The van der Waals surface area contributed by atoms with Crippen LogP contribution in [-0.2, 0) is 22.4 Å². The molecule has 1 aliphatic rings. The van der Waals surface area contributed by atoms with Crippen molar-refractivity contribution in [3.63, 3.8) is 0 Å². The van der Waals surface area contributed by atoms with Crippen molar-refractivity contribution in [2.45, 2.75) is 65.0 Å². The maximum atomic E-state index is 12.7. The van der Waals surface area contributed by atoms with E-state index in [4.69, 9.17) is 19.0 Å². The van der Waals surface area contributed by atoms with E-state index in [9.17, 15) is 14.4 Å². The number of nitrogens with one attached hydrogen (secondary N) is 1. The maximum Gasteiger partial charge on any atom is 0.340 e. The van der Waals surface area contributed by atoms with E-state index in [0.717, 1.165) is 12.0 Å². The van der Waals surface area contributed by atoms with Crippen molar-refractivity contribution in [3.05, 3.63) is 33.2 Å². The fourth-order valence-corrected chi connectivity index (χ4v) is 3.79. The lowest BCUT2D eigenvalue weighted by Gasteiger charge is -2.33. The highest BCUT2D eigenvalue weighted by Crippen LogP contribution is 2.43. The van der Waals surface area contributed by atoms with Gasteiger partial charge in [-0.15, -0.1) is 0 Å². The number of carbonyl (C=O) groups is 2. The number of benzene rings is 1. The predicted molar refractivity (Wildman–Crippen MR) is 110 cm³/mol. The number of carbonyl (C=O) groups excluding carboxylic acids is 1. The Balaban J connectivity index is 2.08. The number of ether oxygens (including phenoxy) is 2. The van der Waals surface area contributed by atoms with Crippen LogP contribution in [0.5, 0.6) is 11.5 Å². The van der Waals surface area contributed by atoms with Gasteiger partial charge in [-0.05, 0) is 45.6 Å². The monoisotopic (exact) mass is 417 g/mol. The molecule has 8 heteroatoms. The SMILES string of the molecule is CC[C@@H](NC(=O)Cc1c(C)c2c(OC)cc3c(c2oc1=O)CCC(C)(C)O3)C(=O)O. The standard InChI is InChI=1S/C22H27NO7/c1-6-14(20(25)26)23-17(24)9-13-11(2)18-16(28-5)10-15-12(19(18)29-21(13)27)7-8-22(3,4)30-15/h10,14H,6-9H2,1-5H3,(H,23,24)(H,25,26)/t14-/m1/s1. The van der Waals surface area contributed by atoms with Gasteiger partial charge in [0.2, 0.25) is 5.91 Å². The summed E-state index contributed by atoms with van der Waals surface area (Å²) >= 11 is 0. The molecule has 1 aromatic heterocycles. The van der Waals surface area contributed by atoms with Crippen LogP contribution in [0.4, 0.5) is 0 Å². The first-order valence-electron chi connectivity index (χ1n) is 9.95. The summed E-state index contributed by atoms with van der Waals surface area (Å²) in [6.45, 7) is 7.39. The lowest BCUT2D eigenvalue weighted by Crippen LogP contribution is -2.41. The van der Waals surface area contributed by atoms with Crippen LogP contribution >= 0.6 is 0 Å². The van der Waals surface area contributed by atoms with E-state index in [2.05, 4.69) is 5.32 Å². The third-order valence-electron chi connectivity index (χ3n) is 5.54. The molecule has 2 heterocycles. The molecule has 2 aromatic rings. The van der Waals surface area contributed by atoms with E-state index in [1.807, 2.05) is 13.8 Å². The Morgan fingerprint density at radius 2 is 2.07 bits per heavy atom. The van der Waals surface area contributed by atoms with Crippen molar-refractivity contribution in [1.29, 1.82) is 0 Å². The molecule has 1 aliphatic heterocycles. The molecule has 0 aliphatic carbocycles. The highest BCUT2D eigenvalue weighted by atomic mass is 16.5. The van der Waals surface area contributed by atoms with Crippen LogP contribution in [0.1, 0.15) is 50.3 Å². The van der Waals surface area contributed by atoms with Crippen LogP contribution in [-0.4, -0.2) is 35.7 Å². The van der Waals surface area contributed by atoms with E-state index >= 15 is 0 Å². The van der Waals surface area contributed by atoms with Gasteiger partial charge >= 0.3 is 11.6 Å². The van der Waals surface area contributed by atoms with Crippen molar-refractivity contribution < 1.29 is 28.6 Å². The van der Waals surface area contributed by atoms with Gasteiger partial charge in [0.05, 0.1) is 24.5 Å². The van der Waals surface area contributed by atoms with Crippen LogP contribution in [0.3, 0.4) is 0 Å². The topological polar surface area (TPSA) is 115 Å². The Hall–Kier alpha value is -3.03. The molecule has 2 N–H and O–H groups in total. The third-order valence-corrected chi connectivity index (χ3v) is 5.54. The molecule has 1 amide bonds. The number of rotatable bonds is 6. The average Bonchev–Trinajstić information content (AvgIpc) is 2.67. The first-order valence-corrected chi connectivity index (χ1v) is 9.95. The van der Waals surface area contributed by atoms with Crippen molar-refractivity contribution in [3.8, 4) is 11.5 Å². The van der Waals surface area contributed by atoms with Gasteiger partial charge in [0.1, 0.15) is 28.7 Å². The van der Waals surface area contributed by atoms with Crippen molar-refractivity contribution in [2.24, 2.45) is 0 Å². The summed E-state index contributed by atoms with van der Waals surface area (Å²) < 4.78 is 17.2. The molecule has 0 unspecified atom stereocenters. The molecule has 0 spiro atoms. The quantitative estimate of drug-likeness (QED) is 0.695. The van der Waals surface area contributed by atoms with E-state index in [-0.39, 0.29) is 24.0 Å². The Kier molecular flexibility index (Phi) is 5.78. The normalized spacial score (nSPS) is 15.8. The number of fused-ring (bicyclic) bond motifs is 3. The molecule has 0 radical (unpaired) electrons. The molecule has 30 heavy (non-hydrogen) atoms. The molecule has 8 nitrogen and oxygen atoms in total. The zero-order valence-electron chi connectivity index (χ0n) is 17.9. The first-order chi connectivity index (χ1) is 14.1. The lowest BCUT2D eigenvalue weighted by atomic mass is 9.91. The van der Waals surface area contributed by atoms with Gasteiger partial charge in [0, 0.05) is 11.6 Å². The van der Waals surface area contributed by atoms with Crippen molar-refractivity contribution in [1.82, 2.24) is 5.32 Å². The van der Waals surface area contributed by atoms with Gasteiger partial charge in [0.25, 0.3) is 0 Å². The Morgan fingerprint density at radius 1 is 1.37 bits per heavy atom. The molecule has 1 aromatic carbocycles. The summed E-state index contributed by atoms with van der Waals surface area (Å²) in [5.41, 5.74) is 0.999. The summed E-state index contributed by atoms with van der Waals surface area (Å²) in [6, 6.07) is 0.778. The second-order valence-corrected chi connectivity index (χ2v) is 8.16. The van der Waals surface area contributed by atoms with E-state index < -0.39 is 23.5 Å². The second kappa shape index (κ2) is 8.01. The minimum Gasteiger partial charge on any atom is -0.496 e. The van der Waals surface area contributed by atoms with Crippen LogP contribution in [0.25, 0.3) is 11.0 Å². The number of aryl methyl sites for hydroxylation is 2. The number of carboxylic acids is 1. The number of hydrogen-bond donors (Lipinski definition) is 2. The molecule has 0 fully saturated rings. The smallest absolute Gasteiger partial charge is 0.340 e. The summed E-state index contributed by atoms with van der Waals surface area (Å²) in [5, 5.41) is 12.2. The molecule has 3 rings (SSSR count). The molecule has 0 saturated carbocycles. The first kappa shape index (κ1) is 21.7. The molecule has 0 bridgehead atoms. The number of methoxy groups -OCH3 is 1. The van der Waals surface area contributed by atoms with Crippen LogP contribution in [0, 0.1) is 6.92 Å². The number of aliphatic carboxylic acids is 1. The van der Waals surface area contributed by atoms with Gasteiger partial charge in [-0.1, -0.05) is 6.92 Å². The van der Waals surface area contributed by atoms with Crippen molar-refractivity contribution >= 4 is 22.8 Å². The summed E-state index contributed by atoms with van der Waals surface area (Å²) in [4.78, 5) is 36.3. The Labute approximate surface area is 174 Å². The van der Waals surface area contributed by atoms with Crippen LogP contribution in [0.2, 0.25) is 0 Å². The molecular formula is C22H27NO7. The van der Waals surface area contributed by atoms with Gasteiger partial charge in [-0.3, -0.25) is 4.79 Å². The summed E-state index contributed by atoms with van der Waals surface area (Å²) in [7, 11) is 1.52. The van der Waals surface area contributed by atoms with Gasteiger partial charge < -0.3 is 24.3 Å². The number of hydrogen-bond acceptors (Lipinski definition) is 6. The molecular weight excluding hydrogens is 390 g/mol. The molecule has 0 saturated heterocycles. The van der Waals surface area contributed by atoms with Gasteiger partial charge in [0.15, 0.2) is 0 Å². The zero-order valence-corrected chi connectivity index (χ0v) is 17.9. The second-order valence-electron chi connectivity index (χ2n) is 8.16. The van der Waals surface area contributed by atoms with Gasteiger partial charge in [-0.2, -0.15) is 0 Å². The van der Waals surface area contributed by atoms with Crippen LogP contribution < -0.4 is 20.4 Å². The van der Waals surface area contributed by atoms with E-state index in [1.54, 1.807) is 19.9 Å². The Bertz CT molecular complexity index is 1070. The van der Waals surface area contributed by atoms with Crippen LogP contribution in [0.15, 0.2) is 15.3 Å². The minimum atomic E-state index is -1.12. The third kappa shape index (κ3) is 3.99. The fourth-order valence-electron chi connectivity index (χ4n) is 3.79. The van der Waals surface area contributed by atoms with Gasteiger partial charge in [-0.25, -0.2) is 9.59 Å².